The van der Waals surface area contributed by atoms with Crippen molar-refractivity contribution in [2.45, 2.75) is 25.1 Å². The Bertz CT molecular complexity index is 1020. The van der Waals surface area contributed by atoms with Crippen LogP contribution in [0.15, 0.2) is 47.3 Å². The number of rotatable bonds is 6. The van der Waals surface area contributed by atoms with E-state index in [1.807, 2.05) is 30.3 Å². The number of nitrogens with one attached hydrogen (secondary N) is 2. The lowest BCUT2D eigenvalue weighted by molar-refractivity contribution is -0.139. The van der Waals surface area contributed by atoms with Gasteiger partial charge in [0.1, 0.15) is 12.6 Å². The molecular formula is C20H19BrN4O4. The molecule has 3 heterocycles. The highest BCUT2D eigenvalue weighted by molar-refractivity contribution is 9.10. The maximum atomic E-state index is 11.6. The molecule has 2 aromatic heterocycles. The molecule has 0 fully saturated rings. The molecule has 4 rings (SSSR count). The fourth-order valence-corrected chi connectivity index (χ4v) is 3.95. The number of benzene rings is 1. The number of aromatic amines is 1. The number of methoxy groups -OCH3 is 1. The molecule has 0 bridgehead atoms. The van der Waals surface area contributed by atoms with Crippen molar-refractivity contribution < 1.29 is 19.4 Å². The van der Waals surface area contributed by atoms with Gasteiger partial charge in [-0.15, -0.1) is 0 Å². The van der Waals surface area contributed by atoms with E-state index in [1.54, 1.807) is 19.6 Å². The fourth-order valence-electron chi connectivity index (χ4n) is 3.38. The number of aromatic nitrogens is 3. The molecule has 0 amide bonds. The summed E-state index contributed by atoms with van der Waals surface area (Å²) in [6.07, 6.45) is 3.65. The maximum Gasteiger partial charge on any atom is 0.321 e. The van der Waals surface area contributed by atoms with Crippen LogP contribution < -0.4 is 14.8 Å². The zero-order valence-corrected chi connectivity index (χ0v) is 17.1. The Morgan fingerprint density at radius 2 is 2.21 bits per heavy atom. The van der Waals surface area contributed by atoms with E-state index in [0.29, 0.717) is 29.0 Å². The van der Waals surface area contributed by atoms with Crippen molar-refractivity contribution in [3.63, 3.8) is 0 Å². The van der Waals surface area contributed by atoms with Crippen LogP contribution in [0, 0.1) is 0 Å². The van der Waals surface area contributed by atoms with Crippen LogP contribution in [0.4, 0.5) is 0 Å². The Labute approximate surface area is 175 Å². The minimum atomic E-state index is -0.906. The van der Waals surface area contributed by atoms with Crippen LogP contribution >= 0.6 is 15.9 Å². The standard InChI is InChI=1S/C20H19BrN4O4/c1-28-16-7-11(6-13(21)19(16)29-9-12-4-2-3-5-22-12)17-18-14(23-10-24-18)8-15(25-17)20(26)27/h2-7,10,15,17,25H,8-9H2,1H3,(H,23,24)(H,26,27)/t15-,17+/m1/s1. The highest BCUT2D eigenvalue weighted by Crippen LogP contribution is 2.40. The van der Waals surface area contributed by atoms with Gasteiger partial charge < -0.3 is 19.6 Å². The van der Waals surface area contributed by atoms with Gasteiger partial charge in [0.2, 0.25) is 0 Å². The zero-order chi connectivity index (χ0) is 20.4. The fraction of sp³-hybridized carbons (Fsp3) is 0.250. The van der Waals surface area contributed by atoms with Crippen molar-refractivity contribution in [1.29, 1.82) is 0 Å². The normalized spacial score (nSPS) is 18.1. The molecule has 0 aliphatic carbocycles. The first-order valence-electron chi connectivity index (χ1n) is 8.98. The van der Waals surface area contributed by atoms with Crippen molar-refractivity contribution >= 4 is 21.9 Å². The molecule has 8 nitrogen and oxygen atoms in total. The van der Waals surface area contributed by atoms with Crippen LogP contribution in [0.25, 0.3) is 0 Å². The second-order valence-electron chi connectivity index (χ2n) is 6.60. The summed E-state index contributed by atoms with van der Waals surface area (Å²) in [6.45, 7) is 0.293. The van der Waals surface area contributed by atoms with E-state index in [2.05, 4.69) is 36.2 Å². The number of hydrogen-bond donors (Lipinski definition) is 3. The van der Waals surface area contributed by atoms with Crippen molar-refractivity contribution in [3.05, 3.63) is 70.0 Å². The number of carboxylic acids is 1. The number of fused-ring (bicyclic) bond motifs is 1. The molecule has 9 heteroatoms. The number of carboxylic acid groups (broad SMARTS) is 1. The molecular weight excluding hydrogens is 440 g/mol. The molecule has 1 aliphatic rings. The van der Waals surface area contributed by atoms with Gasteiger partial charge in [0.15, 0.2) is 11.5 Å². The molecule has 0 spiro atoms. The first kappa shape index (κ1) is 19.4. The molecule has 3 N–H and O–H groups in total. The van der Waals surface area contributed by atoms with Crippen LogP contribution in [0.5, 0.6) is 11.5 Å². The van der Waals surface area contributed by atoms with Crippen LogP contribution in [0.2, 0.25) is 0 Å². The van der Waals surface area contributed by atoms with E-state index in [4.69, 9.17) is 9.47 Å². The summed E-state index contributed by atoms with van der Waals surface area (Å²) in [6, 6.07) is 8.25. The first-order chi connectivity index (χ1) is 14.1. The topological polar surface area (TPSA) is 109 Å². The maximum absolute atomic E-state index is 11.6. The lowest BCUT2D eigenvalue weighted by Crippen LogP contribution is -2.45. The highest BCUT2D eigenvalue weighted by Gasteiger charge is 2.34. The van der Waals surface area contributed by atoms with Gasteiger partial charge in [0, 0.05) is 18.3 Å². The lowest BCUT2D eigenvalue weighted by Gasteiger charge is -2.29. The molecule has 1 aromatic carbocycles. The van der Waals surface area contributed by atoms with Gasteiger partial charge in [-0.05, 0) is 45.8 Å². The quantitative estimate of drug-likeness (QED) is 0.520. The smallest absolute Gasteiger partial charge is 0.321 e. The molecule has 0 unspecified atom stereocenters. The summed E-state index contributed by atoms with van der Waals surface area (Å²) < 4.78 is 12.2. The third kappa shape index (κ3) is 3.96. The number of halogens is 1. The van der Waals surface area contributed by atoms with Gasteiger partial charge in [0.25, 0.3) is 0 Å². The number of nitrogens with zero attached hydrogens (tertiary/aromatic N) is 2. The monoisotopic (exact) mass is 458 g/mol. The van der Waals surface area contributed by atoms with Gasteiger partial charge in [-0.1, -0.05) is 6.07 Å². The third-order valence-corrected chi connectivity index (χ3v) is 5.36. The summed E-state index contributed by atoms with van der Waals surface area (Å²) >= 11 is 3.56. The molecule has 150 valence electrons. The number of hydrogen-bond acceptors (Lipinski definition) is 6. The van der Waals surface area contributed by atoms with Gasteiger partial charge in [-0.25, -0.2) is 4.98 Å². The number of H-pyrrole nitrogens is 1. The van der Waals surface area contributed by atoms with E-state index >= 15 is 0 Å². The van der Waals surface area contributed by atoms with Crippen LogP contribution in [0.3, 0.4) is 0 Å². The summed E-state index contributed by atoms with van der Waals surface area (Å²) in [7, 11) is 1.56. The van der Waals surface area contributed by atoms with Crippen molar-refractivity contribution in [2.24, 2.45) is 0 Å². The molecule has 29 heavy (non-hydrogen) atoms. The number of pyridine rings is 1. The summed E-state index contributed by atoms with van der Waals surface area (Å²) in [5, 5.41) is 12.6. The van der Waals surface area contributed by atoms with E-state index in [1.165, 1.54) is 0 Å². The Hall–Kier alpha value is -2.91. The van der Waals surface area contributed by atoms with Crippen molar-refractivity contribution in [2.75, 3.05) is 7.11 Å². The second-order valence-corrected chi connectivity index (χ2v) is 7.46. The van der Waals surface area contributed by atoms with Gasteiger partial charge in [0.05, 0.1) is 35.3 Å². The zero-order valence-electron chi connectivity index (χ0n) is 15.6. The molecule has 0 radical (unpaired) electrons. The lowest BCUT2D eigenvalue weighted by atomic mass is 9.93. The Morgan fingerprint density at radius 3 is 2.93 bits per heavy atom. The number of imidazole rings is 1. The molecule has 1 aliphatic heterocycles. The van der Waals surface area contributed by atoms with Crippen molar-refractivity contribution in [1.82, 2.24) is 20.3 Å². The van der Waals surface area contributed by atoms with Crippen LogP contribution in [0.1, 0.15) is 28.7 Å². The van der Waals surface area contributed by atoms with Crippen LogP contribution in [-0.2, 0) is 17.8 Å². The van der Waals surface area contributed by atoms with Crippen molar-refractivity contribution in [3.8, 4) is 11.5 Å². The molecule has 0 saturated carbocycles. The third-order valence-electron chi connectivity index (χ3n) is 4.77. The number of ether oxygens (including phenoxy) is 2. The highest BCUT2D eigenvalue weighted by atomic mass is 79.9. The molecule has 3 aromatic rings. The van der Waals surface area contributed by atoms with Crippen LogP contribution in [-0.4, -0.2) is 39.2 Å². The first-order valence-corrected chi connectivity index (χ1v) is 9.77. The summed E-state index contributed by atoms with van der Waals surface area (Å²) in [5.74, 6) is 0.174. The molecule has 0 saturated heterocycles. The minimum Gasteiger partial charge on any atom is -0.493 e. The number of carbonyl (C=O) groups is 1. The van der Waals surface area contributed by atoms with Gasteiger partial charge >= 0.3 is 5.97 Å². The molecule has 2 atom stereocenters. The van der Waals surface area contributed by atoms with Gasteiger partial charge in [-0.2, -0.15) is 0 Å². The largest absolute Gasteiger partial charge is 0.493 e. The summed E-state index contributed by atoms with van der Waals surface area (Å²) in [5.41, 5.74) is 3.20. The van der Waals surface area contributed by atoms with E-state index in [-0.39, 0.29) is 6.04 Å². The Morgan fingerprint density at radius 1 is 1.34 bits per heavy atom. The SMILES string of the molecule is COc1cc([C@@H]2N[C@@H](C(=O)O)Cc3[nH]cnc32)cc(Br)c1OCc1ccccn1. The number of aliphatic carboxylic acids is 1. The predicted octanol–water partition coefficient (Wildman–Crippen LogP) is 2.84. The average molecular weight is 459 g/mol. The minimum absolute atomic E-state index is 0.293. The average Bonchev–Trinajstić information content (AvgIpc) is 3.21. The summed E-state index contributed by atoms with van der Waals surface area (Å²) in [4.78, 5) is 23.3. The Balaban J connectivity index is 1.65. The van der Waals surface area contributed by atoms with Gasteiger partial charge in [-0.3, -0.25) is 15.1 Å². The Kier molecular flexibility index (Phi) is 5.50. The van der Waals surface area contributed by atoms with E-state index < -0.39 is 12.0 Å². The van der Waals surface area contributed by atoms with E-state index in [0.717, 1.165) is 22.6 Å². The predicted molar refractivity (Wildman–Crippen MR) is 108 cm³/mol. The van der Waals surface area contributed by atoms with E-state index in [9.17, 15) is 9.90 Å². The second kappa shape index (κ2) is 8.22.